The molecule has 0 spiro atoms. The Morgan fingerprint density at radius 3 is 2.83 bits per heavy atom. The lowest BCUT2D eigenvalue weighted by Gasteiger charge is -2.67. The fourth-order valence-corrected chi connectivity index (χ4v) is 9.68. The number of aliphatic hydroxyl groups is 1. The van der Waals surface area contributed by atoms with E-state index in [-0.39, 0.29) is 22.8 Å². The molecule has 192 valence electrons. The molecule has 4 fully saturated rings. The smallest absolute Gasteiger partial charge is 0.255 e. The Hall–Kier alpha value is -2.31. The van der Waals surface area contributed by atoms with Gasteiger partial charge >= 0.3 is 0 Å². The van der Waals surface area contributed by atoms with Crippen LogP contribution in [0, 0.1) is 23.2 Å². The first-order valence-corrected chi connectivity index (χ1v) is 14.0. The maximum absolute atomic E-state index is 13.6. The second-order valence-corrected chi connectivity index (χ2v) is 12.7. The number of benzene rings is 1. The second-order valence-electron chi connectivity index (χ2n) is 12.7. The topological polar surface area (TPSA) is 76.0 Å². The van der Waals surface area contributed by atoms with E-state index in [2.05, 4.69) is 29.3 Å². The standard InChI is InChI=1S/C30H39N3O3/c1-18-15-29-10-9-24(32(2)28(36)21-6-8-26(35)31-16-21)27(18)30(29)11-12-33(17-19-3-4-19)25(29)13-20-5-7-22(34)14-23(20)30/h5-8,14,16,18-19,24-27,31,34-35H,3-4,9-13,15,17H2,1-2H3/t18-,24?,25?,26?,27?,29?,30?/m0/s1. The zero-order valence-electron chi connectivity index (χ0n) is 21.5. The number of piperidine rings is 1. The third-order valence-corrected chi connectivity index (χ3v) is 11.0. The van der Waals surface area contributed by atoms with Crippen molar-refractivity contribution in [2.45, 2.75) is 75.6 Å². The molecule has 0 radical (unpaired) electrons. The average molecular weight is 490 g/mol. The summed E-state index contributed by atoms with van der Waals surface area (Å²) in [6, 6.07) is 6.87. The van der Waals surface area contributed by atoms with Crippen molar-refractivity contribution in [1.82, 2.24) is 15.1 Å². The number of likely N-dealkylation sites (N-methyl/N-ethyl adjacent to an activating group) is 1. The number of likely N-dealkylation sites (tertiary alicyclic amines) is 1. The summed E-state index contributed by atoms with van der Waals surface area (Å²) >= 11 is 0. The normalized spacial score (nSPS) is 40.6. The Balaban J connectivity index is 1.31. The van der Waals surface area contributed by atoms with Crippen LogP contribution >= 0.6 is 0 Å². The van der Waals surface area contributed by atoms with Crippen LogP contribution < -0.4 is 5.32 Å². The van der Waals surface area contributed by atoms with Crippen LogP contribution in [-0.2, 0) is 16.6 Å². The summed E-state index contributed by atoms with van der Waals surface area (Å²) in [4.78, 5) is 18.5. The summed E-state index contributed by atoms with van der Waals surface area (Å²) < 4.78 is 0. The summed E-state index contributed by atoms with van der Waals surface area (Å²) in [6.45, 7) is 4.80. The minimum absolute atomic E-state index is 0.00609. The summed E-state index contributed by atoms with van der Waals surface area (Å²) in [6.07, 6.45) is 12.7. The molecule has 7 rings (SSSR count). The van der Waals surface area contributed by atoms with Crippen molar-refractivity contribution in [1.29, 1.82) is 0 Å². The molecule has 1 saturated heterocycles. The molecule has 6 unspecified atom stereocenters. The largest absolute Gasteiger partial charge is 0.508 e. The van der Waals surface area contributed by atoms with Crippen LogP contribution in [0.15, 0.2) is 42.1 Å². The van der Waals surface area contributed by atoms with Crippen molar-refractivity contribution >= 4 is 5.91 Å². The van der Waals surface area contributed by atoms with Crippen LogP contribution in [0.5, 0.6) is 5.75 Å². The van der Waals surface area contributed by atoms with Gasteiger partial charge in [-0.25, -0.2) is 0 Å². The predicted octanol–water partition coefficient (Wildman–Crippen LogP) is 3.30. The van der Waals surface area contributed by atoms with E-state index < -0.39 is 6.23 Å². The van der Waals surface area contributed by atoms with Gasteiger partial charge in [0, 0.05) is 37.3 Å². The lowest BCUT2D eigenvalue weighted by molar-refractivity contribution is -0.137. The van der Waals surface area contributed by atoms with E-state index in [1.807, 2.05) is 18.0 Å². The lowest BCUT2D eigenvalue weighted by Crippen LogP contribution is -2.70. The van der Waals surface area contributed by atoms with Gasteiger partial charge in [-0.05, 0) is 110 Å². The van der Waals surface area contributed by atoms with E-state index in [1.165, 1.54) is 36.9 Å². The minimum atomic E-state index is -0.736. The van der Waals surface area contributed by atoms with Crippen LogP contribution in [0.4, 0.5) is 0 Å². The monoisotopic (exact) mass is 489 g/mol. The maximum atomic E-state index is 13.6. The molecule has 4 bridgehead atoms. The number of fused-ring (bicyclic) bond motifs is 1. The molecule has 6 nitrogen and oxygen atoms in total. The summed E-state index contributed by atoms with van der Waals surface area (Å²) in [5, 5.41) is 23.3. The van der Waals surface area contributed by atoms with Gasteiger partial charge < -0.3 is 20.4 Å². The van der Waals surface area contributed by atoms with E-state index in [4.69, 9.17) is 0 Å². The highest BCUT2D eigenvalue weighted by Gasteiger charge is 2.73. The number of nitrogens with one attached hydrogen (secondary N) is 1. The number of dihydropyridines is 1. The van der Waals surface area contributed by atoms with Crippen molar-refractivity contribution in [2.75, 3.05) is 20.1 Å². The number of aromatic hydroxyl groups is 1. The van der Waals surface area contributed by atoms with Gasteiger partial charge in [-0.15, -0.1) is 0 Å². The molecule has 2 aliphatic heterocycles. The Kier molecular flexibility index (Phi) is 4.98. The van der Waals surface area contributed by atoms with Gasteiger partial charge in [0.15, 0.2) is 0 Å². The fourth-order valence-electron chi connectivity index (χ4n) is 9.68. The predicted molar refractivity (Wildman–Crippen MR) is 138 cm³/mol. The van der Waals surface area contributed by atoms with E-state index in [9.17, 15) is 15.0 Å². The highest BCUT2D eigenvalue weighted by atomic mass is 16.3. The highest BCUT2D eigenvalue weighted by Crippen LogP contribution is 2.74. The zero-order chi connectivity index (χ0) is 24.8. The molecular formula is C30H39N3O3. The molecule has 36 heavy (non-hydrogen) atoms. The minimum Gasteiger partial charge on any atom is -0.508 e. The third-order valence-electron chi connectivity index (χ3n) is 11.0. The van der Waals surface area contributed by atoms with Crippen molar-refractivity contribution in [2.24, 2.45) is 23.2 Å². The van der Waals surface area contributed by atoms with Crippen molar-refractivity contribution in [3.63, 3.8) is 0 Å². The van der Waals surface area contributed by atoms with Crippen LogP contribution in [0.25, 0.3) is 0 Å². The zero-order valence-corrected chi connectivity index (χ0v) is 21.5. The average Bonchev–Trinajstić information content (AvgIpc) is 3.66. The number of aliphatic hydroxyl groups excluding tert-OH is 1. The molecule has 6 heteroatoms. The van der Waals surface area contributed by atoms with Crippen LogP contribution in [-0.4, -0.2) is 64.4 Å². The molecule has 3 saturated carbocycles. The first-order chi connectivity index (χ1) is 17.3. The van der Waals surface area contributed by atoms with E-state index >= 15 is 0 Å². The molecule has 6 aliphatic rings. The fraction of sp³-hybridized carbons (Fsp3) is 0.633. The van der Waals surface area contributed by atoms with Gasteiger partial charge in [0.05, 0.1) is 5.57 Å². The van der Waals surface area contributed by atoms with Gasteiger partial charge in [0.2, 0.25) is 0 Å². The lowest BCUT2D eigenvalue weighted by atomic mass is 9.43. The summed E-state index contributed by atoms with van der Waals surface area (Å²) in [7, 11) is 1.98. The third kappa shape index (κ3) is 3.00. The number of rotatable bonds is 4. The van der Waals surface area contributed by atoms with Crippen LogP contribution in [0.1, 0.15) is 56.6 Å². The first-order valence-electron chi connectivity index (χ1n) is 14.0. The van der Waals surface area contributed by atoms with Gasteiger partial charge in [-0.2, -0.15) is 0 Å². The van der Waals surface area contributed by atoms with Gasteiger partial charge in [-0.1, -0.05) is 13.0 Å². The van der Waals surface area contributed by atoms with E-state index in [0.717, 1.165) is 38.1 Å². The SMILES string of the molecule is C[C@H]1CC23CCC(N(C)C(=O)C4=CNC(O)C=C4)C1C21CCN(CC2CC2)C3Cc2ccc(O)cc21. The van der Waals surface area contributed by atoms with Crippen molar-refractivity contribution < 1.29 is 15.0 Å². The summed E-state index contributed by atoms with van der Waals surface area (Å²) in [5.74, 6) is 2.17. The molecule has 1 aromatic rings. The molecular weight excluding hydrogens is 450 g/mol. The molecule has 1 amide bonds. The Morgan fingerprint density at radius 1 is 1.25 bits per heavy atom. The summed E-state index contributed by atoms with van der Waals surface area (Å²) in [5.41, 5.74) is 3.62. The molecule has 1 aromatic carbocycles. The number of carbonyl (C=O) groups is 1. The molecule has 2 heterocycles. The number of hydrogen-bond donors (Lipinski definition) is 3. The number of phenols is 1. The first kappa shape index (κ1) is 22.9. The van der Waals surface area contributed by atoms with Crippen LogP contribution in [0.2, 0.25) is 0 Å². The van der Waals surface area contributed by atoms with Crippen molar-refractivity contribution in [3.05, 3.63) is 53.3 Å². The number of carbonyl (C=O) groups excluding carboxylic acids is 1. The van der Waals surface area contributed by atoms with Crippen LogP contribution in [0.3, 0.4) is 0 Å². The number of amides is 1. The highest BCUT2D eigenvalue weighted by molar-refractivity contribution is 5.96. The number of hydrogen-bond acceptors (Lipinski definition) is 5. The number of phenolic OH excluding ortho intramolecular Hbond substituents is 1. The van der Waals surface area contributed by atoms with Gasteiger partial charge in [0.25, 0.3) is 5.91 Å². The molecule has 3 N–H and O–H groups in total. The quantitative estimate of drug-likeness (QED) is 0.605. The van der Waals surface area contributed by atoms with Gasteiger partial charge in [-0.3, -0.25) is 9.69 Å². The number of nitrogens with zero attached hydrogens (tertiary/aromatic N) is 2. The Bertz CT molecular complexity index is 1160. The molecule has 0 aromatic heterocycles. The Morgan fingerprint density at radius 2 is 2.08 bits per heavy atom. The molecule has 7 atom stereocenters. The molecule has 4 aliphatic carbocycles. The van der Waals surface area contributed by atoms with E-state index in [0.29, 0.717) is 29.2 Å². The van der Waals surface area contributed by atoms with E-state index in [1.54, 1.807) is 18.4 Å². The maximum Gasteiger partial charge on any atom is 0.255 e. The van der Waals surface area contributed by atoms with Gasteiger partial charge in [0.1, 0.15) is 12.0 Å². The van der Waals surface area contributed by atoms with Crippen molar-refractivity contribution in [3.8, 4) is 5.75 Å². The second kappa shape index (κ2) is 7.84. The Labute approximate surface area is 214 Å².